The molecule has 4 aromatic rings. The first kappa shape index (κ1) is 21.6. The maximum absolute atomic E-state index is 12.6. The number of carbonyl (C=O) groups excluding carboxylic acids is 1. The van der Waals surface area contributed by atoms with E-state index in [0.717, 1.165) is 5.56 Å². The van der Waals surface area contributed by atoms with Gasteiger partial charge in [-0.1, -0.05) is 28.9 Å². The Balaban J connectivity index is 1.36. The van der Waals surface area contributed by atoms with E-state index in [0.29, 0.717) is 23.0 Å². The summed E-state index contributed by atoms with van der Waals surface area (Å²) in [5, 5.41) is 6.66. The molecule has 32 heavy (non-hydrogen) atoms. The number of carbonyl (C=O) groups is 1. The van der Waals surface area contributed by atoms with Crippen molar-refractivity contribution in [3.63, 3.8) is 0 Å². The molecule has 0 fully saturated rings. The van der Waals surface area contributed by atoms with Crippen molar-refractivity contribution in [2.75, 3.05) is 6.54 Å². The van der Waals surface area contributed by atoms with E-state index in [9.17, 15) is 18.0 Å². The van der Waals surface area contributed by atoms with Gasteiger partial charge in [0, 0.05) is 34.7 Å². The smallest absolute Gasteiger partial charge is 0.444 e. The number of amides is 1. The Kier molecular flexibility index (Phi) is 5.95. The van der Waals surface area contributed by atoms with E-state index < -0.39 is 18.0 Å². The van der Waals surface area contributed by atoms with Crippen LogP contribution in [0.5, 0.6) is 0 Å². The summed E-state index contributed by atoms with van der Waals surface area (Å²) < 4.78 is 47.6. The molecule has 7 nitrogen and oxygen atoms in total. The summed E-state index contributed by atoms with van der Waals surface area (Å²) in [5.74, 6) is -1.68. The second-order valence-corrected chi connectivity index (χ2v) is 7.09. The average molecular weight is 463 g/mol. The number of alkyl halides is 3. The number of nitrogens with zero attached hydrogens (tertiary/aromatic N) is 3. The number of hydrogen-bond acceptors (Lipinski definition) is 6. The third-order valence-electron chi connectivity index (χ3n) is 4.36. The van der Waals surface area contributed by atoms with Crippen LogP contribution in [-0.4, -0.2) is 27.6 Å². The molecule has 0 radical (unpaired) electrons. The Morgan fingerprint density at radius 1 is 1.06 bits per heavy atom. The maximum atomic E-state index is 12.6. The molecule has 1 amide bonds. The lowest BCUT2D eigenvalue weighted by atomic mass is 10.1. The number of hydrogen-bond donors (Lipinski definition) is 1. The molecule has 2 aromatic carbocycles. The van der Waals surface area contributed by atoms with E-state index in [4.69, 9.17) is 16.0 Å². The number of oxazole rings is 1. The molecule has 2 aromatic heterocycles. The van der Waals surface area contributed by atoms with Gasteiger partial charge in [-0.15, -0.1) is 0 Å². The molecule has 0 atom stereocenters. The molecule has 1 N–H and O–H groups in total. The van der Waals surface area contributed by atoms with Crippen LogP contribution < -0.4 is 5.32 Å². The van der Waals surface area contributed by atoms with E-state index in [1.165, 1.54) is 30.5 Å². The zero-order chi connectivity index (χ0) is 22.7. The molecule has 2 heterocycles. The van der Waals surface area contributed by atoms with Gasteiger partial charge in [0.1, 0.15) is 6.26 Å². The molecular formula is C21H14ClF3N4O3. The van der Waals surface area contributed by atoms with Crippen LogP contribution >= 0.6 is 11.6 Å². The Morgan fingerprint density at radius 2 is 1.84 bits per heavy atom. The fourth-order valence-corrected chi connectivity index (χ4v) is 2.93. The highest BCUT2D eigenvalue weighted by molar-refractivity contribution is 6.30. The largest absolute Gasteiger partial charge is 0.471 e. The van der Waals surface area contributed by atoms with Crippen molar-refractivity contribution in [3.8, 4) is 22.8 Å². The molecule has 0 unspecified atom stereocenters. The number of benzene rings is 2. The highest BCUT2D eigenvalue weighted by Crippen LogP contribution is 2.29. The van der Waals surface area contributed by atoms with Crippen molar-refractivity contribution in [2.45, 2.75) is 12.6 Å². The fourth-order valence-electron chi connectivity index (χ4n) is 2.81. The van der Waals surface area contributed by atoms with Gasteiger partial charge < -0.3 is 14.3 Å². The molecule has 0 saturated heterocycles. The van der Waals surface area contributed by atoms with E-state index in [2.05, 4.69) is 25.0 Å². The Hall–Kier alpha value is -3.66. The number of halogens is 4. The van der Waals surface area contributed by atoms with Crippen LogP contribution in [0.4, 0.5) is 13.2 Å². The second kappa shape index (κ2) is 8.83. The van der Waals surface area contributed by atoms with Crippen molar-refractivity contribution in [1.82, 2.24) is 20.4 Å². The van der Waals surface area contributed by atoms with Gasteiger partial charge in [0.25, 0.3) is 5.91 Å². The summed E-state index contributed by atoms with van der Waals surface area (Å²) in [6, 6.07) is 12.9. The van der Waals surface area contributed by atoms with Crippen LogP contribution in [0.3, 0.4) is 0 Å². The van der Waals surface area contributed by atoms with Gasteiger partial charge >= 0.3 is 12.1 Å². The van der Waals surface area contributed by atoms with E-state index in [-0.39, 0.29) is 23.5 Å². The summed E-state index contributed by atoms with van der Waals surface area (Å²) in [4.78, 5) is 20.1. The topological polar surface area (TPSA) is 94.1 Å². The molecule has 0 aliphatic heterocycles. The summed E-state index contributed by atoms with van der Waals surface area (Å²) in [5.41, 5.74) is 1.89. The van der Waals surface area contributed by atoms with E-state index >= 15 is 0 Å². The summed E-state index contributed by atoms with van der Waals surface area (Å²) in [6.07, 6.45) is -2.82. The molecule has 0 aliphatic rings. The molecular weight excluding hydrogens is 449 g/mol. The van der Waals surface area contributed by atoms with Crippen LogP contribution in [0.1, 0.15) is 21.9 Å². The van der Waals surface area contributed by atoms with Gasteiger partial charge in [0.2, 0.25) is 11.7 Å². The highest BCUT2D eigenvalue weighted by atomic mass is 35.5. The summed E-state index contributed by atoms with van der Waals surface area (Å²) >= 11 is 5.87. The van der Waals surface area contributed by atoms with E-state index in [1.807, 2.05) is 0 Å². The van der Waals surface area contributed by atoms with Crippen LogP contribution in [0, 0.1) is 0 Å². The zero-order valence-electron chi connectivity index (χ0n) is 16.2. The van der Waals surface area contributed by atoms with Crippen LogP contribution in [0.25, 0.3) is 22.8 Å². The molecule has 11 heteroatoms. The van der Waals surface area contributed by atoms with Crippen LogP contribution in [0.2, 0.25) is 5.02 Å². The quantitative estimate of drug-likeness (QED) is 0.431. The van der Waals surface area contributed by atoms with E-state index in [1.54, 1.807) is 24.3 Å². The monoisotopic (exact) mass is 462 g/mol. The minimum absolute atomic E-state index is 0.223. The minimum Gasteiger partial charge on any atom is -0.444 e. The van der Waals surface area contributed by atoms with Gasteiger partial charge in [-0.05, 0) is 36.4 Å². The first-order chi connectivity index (χ1) is 15.3. The predicted molar refractivity (Wildman–Crippen MR) is 108 cm³/mol. The van der Waals surface area contributed by atoms with Gasteiger partial charge in [0.15, 0.2) is 0 Å². The maximum Gasteiger partial charge on any atom is 0.471 e. The third kappa shape index (κ3) is 4.97. The van der Waals surface area contributed by atoms with Gasteiger partial charge in [-0.3, -0.25) is 4.79 Å². The first-order valence-corrected chi connectivity index (χ1v) is 9.67. The molecule has 0 aliphatic carbocycles. The molecule has 4 rings (SSSR count). The molecule has 0 spiro atoms. The predicted octanol–water partition coefficient (Wildman–Crippen LogP) is 5.04. The lowest BCUT2D eigenvalue weighted by Gasteiger charge is -2.05. The van der Waals surface area contributed by atoms with Crippen molar-refractivity contribution in [2.24, 2.45) is 0 Å². The molecule has 0 bridgehead atoms. The molecule has 0 saturated carbocycles. The lowest BCUT2D eigenvalue weighted by molar-refractivity contribution is -0.159. The Labute approximate surface area is 184 Å². The zero-order valence-corrected chi connectivity index (χ0v) is 16.9. The molecule has 164 valence electrons. The van der Waals surface area contributed by atoms with Crippen molar-refractivity contribution < 1.29 is 26.9 Å². The van der Waals surface area contributed by atoms with Gasteiger partial charge in [-0.25, -0.2) is 4.98 Å². The highest BCUT2D eigenvalue weighted by Gasteiger charge is 2.38. The number of nitrogens with one attached hydrogen (secondary N) is 1. The Bertz CT molecular complexity index is 1240. The van der Waals surface area contributed by atoms with Crippen molar-refractivity contribution in [1.29, 1.82) is 0 Å². The van der Waals surface area contributed by atoms with Crippen LogP contribution in [0.15, 0.2) is 63.7 Å². The first-order valence-electron chi connectivity index (χ1n) is 9.29. The fraction of sp³-hybridized carbons (Fsp3) is 0.143. The number of aromatic nitrogens is 3. The SMILES string of the molecule is O=C(NCCc1coc(-c2ccc(Cl)cc2)n1)c1cccc(-c2noc(C(F)(F)F)n2)c1. The third-order valence-corrected chi connectivity index (χ3v) is 4.61. The average Bonchev–Trinajstić information content (AvgIpc) is 3.44. The summed E-state index contributed by atoms with van der Waals surface area (Å²) in [6.45, 7) is 0.274. The minimum atomic E-state index is -4.74. The standard InChI is InChI=1S/C21H14ClF3N4O3/c22-15-6-4-12(5-7-15)19-27-16(11-31-19)8-9-26-18(30)14-3-1-2-13(10-14)17-28-20(32-29-17)21(23,24)25/h1-7,10-11H,8-9H2,(H,26,30). The normalized spacial score (nSPS) is 11.5. The second-order valence-electron chi connectivity index (χ2n) is 6.66. The lowest BCUT2D eigenvalue weighted by Crippen LogP contribution is -2.25. The Morgan fingerprint density at radius 3 is 2.56 bits per heavy atom. The van der Waals surface area contributed by atoms with Gasteiger partial charge in [-0.2, -0.15) is 18.2 Å². The number of rotatable bonds is 6. The van der Waals surface area contributed by atoms with Crippen molar-refractivity contribution >= 4 is 17.5 Å². The van der Waals surface area contributed by atoms with Gasteiger partial charge in [0.05, 0.1) is 5.69 Å². The van der Waals surface area contributed by atoms with Crippen LogP contribution in [-0.2, 0) is 12.6 Å². The van der Waals surface area contributed by atoms with Crippen molar-refractivity contribution in [3.05, 3.63) is 77.0 Å². The summed E-state index contributed by atoms with van der Waals surface area (Å²) in [7, 11) is 0.